The van der Waals surface area contributed by atoms with Gasteiger partial charge in [-0.15, -0.1) is 0 Å². The van der Waals surface area contributed by atoms with E-state index in [4.69, 9.17) is 4.52 Å². The lowest BCUT2D eigenvalue weighted by molar-refractivity contribution is -0.115. The number of aryl methyl sites for hydroxylation is 1. The Labute approximate surface area is 147 Å². The summed E-state index contributed by atoms with van der Waals surface area (Å²) < 4.78 is 5.90. The molecular formula is C17H15BrN4O2. The van der Waals surface area contributed by atoms with Crippen molar-refractivity contribution in [1.82, 2.24) is 10.1 Å². The van der Waals surface area contributed by atoms with Gasteiger partial charge in [0.25, 0.3) is 0 Å². The molecule has 0 aliphatic heterocycles. The highest BCUT2D eigenvalue weighted by Crippen LogP contribution is 2.18. The van der Waals surface area contributed by atoms with Crippen LogP contribution in [0.4, 0.5) is 17.3 Å². The Kier molecular flexibility index (Phi) is 4.90. The molecule has 3 aromatic rings. The molecule has 2 aromatic heterocycles. The van der Waals surface area contributed by atoms with Gasteiger partial charge in [0.05, 0.1) is 18.3 Å². The van der Waals surface area contributed by atoms with Crippen molar-refractivity contribution in [2.45, 2.75) is 13.3 Å². The molecular weight excluding hydrogens is 372 g/mol. The van der Waals surface area contributed by atoms with Crippen LogP contribution >= 0.6 is 15.9 Å². The first-order valence-corrected chi connectivity index (χ1v) is 8.09. The number of amides is 1. The summed E-state index contributed by atoms with van der Waals surface area (Å²) in [7, 11) is 0. The second-order valence-corrected chi connectivity index (χ2v) is 6.05. The van der Waals surface area contributed by atoms with Crippen LogP contribution in [-0.4, -0.2) is 16.0 Å². The molecule has 3 rings (SSSR count). The fraction of sp³-hybridized carbons (Fsp3) is 0.118. The third-order valence-electron chi connectivity index (χ3n) is 3.24. The number of nitrogens with zero attached hydrogens (tertiary/aromatic N) is 2. The normalized spacial score (nSPS) is 10.4. The van der Waals surface area contributed by atoms with Gasteiger partial charge in [0.15, 0.2) is 5.82 Å². The molecule has 0 bridgehead atoms. The number of nitrogens with one attached hydrogen (secondary N) is 2. The maximum absolute atomic E-state index is 12.1. The molecule has 0 fully saturated rings. The zero-order chi connectivity index (χ0) is 16.9. The average molecular weight is 387 g/mol. The fourth-order valence-electron chi connectivity index (χ4n) is 2.12. The molecule has 2 N–H and O–H groups in total. The Morgan fingerprint density at radius 2 is 2.04 bits per heavy atom. The third kappa shape index (κ3) is 4.20. The van der Waals surface area contributed by atoms with E-state index in [0.717, 1.165) is 10.0 Å². The first-order valence-electron chi connectivity index (χ1n) is 7.30. The molecule has 122 valence electrons. The van der Waals surface area contributed by atoms with E-state index < -0.39 is 0 Å². The quantitative estimate of drug-likeness (QED) is 0.690. The Morgan fingerprint density at radius 1 is 1.21 bits per heavy atom. The number of pyridine rings is 1. The molecule has 0 radical (unpaired) electrons. The number of anilines is 3. The number of benzene rings is 1. The molecule has 24 heavy (non-hydrogen) atoms. The van der Waals surface area contributed by atoms with Crippen LogP contribution in [0.2, 0.25) is 0 Å². The summed E-state index contributed by atoms with van der Waals surface area (Å²) >= 11 is 3.44. The minimum Gasteiger partial charge on any atom is -0.360 e. The molecule has 0 unspecified atom stereocenters. The van der Waals surface area contributed by atoms with Crippen LogP contribution < -0.4 is 10.6 Å². The highest BCUT2D eigenvalue weighted by molar-refractivity contribution is 9.10. The van der Waals surface area contributed by atoms with Crippen LogP contribution in [-0.2, 0) is 11.2 Å². The van der Waals surface area contributed by atoms with E-state index in [2.05, 4.69) is 36.7 Å². The molecule has 0 saturated carbocycles. The summed E-state index contributed by atoms with van der Waals surface area (Å²) in [6, 6.07) is 13.0. The van der Waals surface area contributed by atoms with E-state index in [1.54, 1.807) is 24.4 Å². The fourth-order valence-corrected chi connectivity index (χ4v) is 2.54. The first-order chi connectivity index (χ1) is 11.6. The largest absolute Gasteiger partial charge is 0.360 e. The van der Waals surface area contributed by atoms with Gasteiger partial charge in [0, 0.05) is 10.5 Å². The van der Waals surface area contributed by atoms with Crippen molar-refractivity contribution < 1.29 is 9.32 Å². The summed E-state index contributed by atoms with van der Waals surface area (Å²) in [5.41, 5.74) is 1.57. The summed E-state index contributed by atoms with van der Waals surface area (Å²) in [6.07, 6.45) is 1.88. The molecule has 2 heterocycles. The number of halogens is 1. The van der Waals surface area contributed by atoms with Gasteiger partial charge in [-0.05, 0) is 30.7 Å². The van der Waals surface area contributed by atoms with Crippen molar-refractivity contribution in [3.05, 3.63) is 64.5 Å². The minimum atomic E-state index is -0.100. The van der Waals surface area contributed by atoms with Crippen molar-refractivity contribution in [3.63, 3.8) is 0 Å². The van der Waals surface area contributed by atoms with Gasteiger partial charge in [-0.2, -0.15) is 0 Å². The van der Waals surface area contributed by atoms with E-state index in [1.807, 2.05) is 31.2 Å². The number of hydrogen-bond donors (Lipinski definition) is 2. The monoisotopic (exact) mass is 386 g/mol. The number of carbonyl (C=O) groups is 1. The lowest BCUT2D eigenvalue weighted by atomic mass is 10.1. The van der Waals surface area contributed by atoms with Crippen molar-refractivity contribution in [2.75, 3.05) is 10.6 Å². The molecule has 7 heteroatoms. The van der Waals surface area contributed by atoms with Crippen molar-refractivity contribution >= 4 is 39.2 Å². The van der Waals surface area contributed by atoms with E-state index in [9.17, 15) is 4.79 Å². The molecule has 0 saturated heterocycles. The van der Waals surface area contributed by atoms with Gasteiger partial charge in [-0.3, -0.25) is 4.79 Å². The summed E-state index contributed by atoms with van der Waals surface area (Å²) in [5, 5.41) is 9.68. The van der Waals surface area contributed by atoms with Crippen LogP contribution in [0.25, 0.3) is 0 Å². The van der Waals surface area contributed by atoms with Crippen LogP contribution in [0.1, 0.15) is 11.3 Å². The van der Waals surface area contributed by atoms with Gasteiger partial charge < -0.3 is 15.2 Å². The lowest BCUT2D eigenvalue weighted by Gasteiger charge is -2.07. The number of aromatic nitrogens is 2. The number of hydrogen-bond acceptors (Lipinski definition) is 5. The lowest BCUT2D eigenvalue weighted by Crippen LogP contribution is -2.14. The average Bonchev–Trinajstić information content (AvgIpc) is 2.96. The van der Waals surface area contributed by atoms with Crippen molar-refractivity contribution in [2.24, 2.45) is 0 Å². The Morgan fingerprint density at radius 3 is 2.71 bits per heavy atom. The third-order valence-corrected chi connectivity index (χ3v) is 4.01. The summed E-state index contributed by atoms with van der Waals surface area (Å²) in [5.74, 6) is 1.82. The molecule has 0 aliphatic rings. The van der Waals surface area contributed by atoms with Gasteiger partial charge in [0.1, 0.15) is 11.6 Å². The van der Waals surface area contributed by atoms with Crippen molar-refractivity contribution in [3.8, 4) is 0 Å². The van der Waals surface area contributed by atoms with Crippen LogP contribution in [0, 0.1) is 6.92 Å². The van der Waals surface area contributed by atoms with Crippen LogP contribution in [0.5, 0.6) is 0 Å². The predicted molar refractivity (Wildman–Crippen MR) is 95.2 cm³/mol. The van der Waals surface area contributed by atoms with Gasteiger partial charge in [0.2, 0.25) is 5.91 Å². The zero-order valence-electron chi connectivity index (χ0n) is 12.9. The smallest absolute Gasteiger partial charge is 0.228 e. The van der Waals surface area contributed by atoms with Gasteiger partial charge >= 0.3 is 0 Å². The second kappa shape index (κ2) is 7.27. The molecule has 0 atom stereocenters. The van der Waals surface area contributed by atoms with Gasteiger partial charge in [-0.25, -0.2) is 4.98 Å². The minimum absolute atomic E-state index is 0.100. The van der Waals surface area contributed by atoms with E-state index in [-0.39, 0.29) is 5.91 Å². The van der Waals surface area contributed by atoms with Gasteiger partial charge in [-0.1, -0.05) is 39.3 Å². The van der Waals surface area contributed by atoms with Crippen LogP contribution in [0.3, 0.4) is 0 Å². The molecule has 0 spiro atoms. The highest BCUT2D eigenvalue weighted by atomic mass is 79.9. The van der Waals surface area contributed by atoms with E-state index >= 15 is 0 Å². The SMILES string of the molecule is Cc1cc(Nc2ccc(NC(=O)Cc3ccccc3Br)cn2)no1. The standard InChI is InChI=1S/C17H15BrN4O2/c1-11-8-16(22-24-11)21-15-7-6-13(10-19-15)20-17(23)9-12-4-2-3-5-14(12)18/h2-8,10H,9H2,1H3,(H,20,23)(H,19,21,22). The number of carbonyl (C=O) groups excluding carboxylic acids is 1. The first kappa shape index (κ1) is 16.2. The van der Waals surface area contributed by atoms with E-state index in [1.165, 1.54) is 0 Å². The zero-order valence-corrected chi connectivity index (χ0v) is 14.5. The molecule has 1 amide bonds. The maximum Gasteiger partial charge on any atom is 0.228 e. The Hall–Kier alpha value is -2.67. The highest BCUT2D eigenvalue weighted by Gasteiger charge is 2.07. The second-order valence-electron chi connectivity index (χ2n) is 5.20. The summed E-state index contributed by atoms with van der Waals surface area (Å²) in [4.78, 5) is 16.4. The Balaban J connectivity index is 1.59. The predicted octanol–water partition coefficient (Wildman–Crippen LogP) is 4.07. The number of rotatable bonds is 5. The Bertz CT molecular complexity index is 846. The van der Waals surface area contributed by atoms with E-state index in [0.29, 0.717) is 29.5 Å². The topological polar surface area (TPSA) is 80.0 Å². The molecule has 6 nitrogen and oxygen atoms in total. The summed E-state index contributed by atoms with van der Waals surface area (Å²) in [6.45, 7) is 1.81. The van der Waals surface area contributed by atoms with Crippen molar-refractivity contribution in [1.29, 1.82) is 0 Å². The molecule has 0 aliphatic carbocycles. The molecule has 1 aromatic carbocycles. The van der Waals surface area contributed by atoms with Crippen LogP contribution in [0.15, 0.2) is 57.7 Å². The maximum atomic E-state index is 12.1.